The molecule has 7 rings (SSSR count). The van der Waals surface area contributed by atoms with Crippen LogP contribution < -0.4 is 10.0 Å². The number of sulfonamides is 1. The van der Waals surface area contributed by atoms with Gasteiger partial charge in [-0.1, -0.05) is 73.6 Å². The van der Waals surface area contributed by atoms with E-state index in [9.17, 15) is 32.8 Å². The molecule has 0 radical (unpaired) electrons. The molecule has 2 aromatic rings. The summed E-state index contributed by atoms with van der Waals surface area (Å²) in [5, 5.41) is 17.9. The highest BCUT2D eigenvalue weighted by Crippen LogP contribution is 2.45. The molecule has 3 N–H and O–H groups in total. The molecule has 2 aromatic carbocycles. The van der Waals surface area contributed by atoms with Gasteiger partial charge in [0.2, 0.25) is 21.8 Å². The maximum absolute atomic E-state index is 14.3. The largest absolute Gasteiger partial charge is 0.445 e. The van der Waals surface area contributed by atoms with Gasteiger partial charge in [-0.3, -0.25) is 24.3 Å². The lowest BCUT2D eigenvalue weighted by molar-refractivity contribution is -0.165. The van der Waals surface area contributed by atoms with Crippen LogP contribution in [0.3, 0.4) is 0 Å². The molecule has 15 heteroatoms. The Labute approximate surface area is 302 Å². The number of hydrogen-bond donors (Lipinski definition) is 3. The summed E-state index contributed by atoms with van der Waals surface area (Å²) in [4.78, 5) is 62.2. The van der Waals surface area contributed by atoms with Gasteiger partial charge in [-0.05, 0) is 55.6 Å². The molecule has 1 aliphatic heterocycles. The average Bonchev–Trinajstić information content (AvgIpc) is 4.01. The third-order valence-corrected chi connectivity index (χ3v) is 12.5. The van der Waals surface area contributed by atoms with Crippen LogP contribution in [0, 0.1) is 11.8 Å². The van der Waals surface area contributed by atoms with Gasteiger partial charge in [0.15, 0.2) is 0 Å². The van der Waals surface area contributed by atoms with E-state index >= 15 is 0 Å². The predicted molar refractivity (Wildman–Crippen MR) is 188 cm³/mol. The van der Waals surface area contributed by atoms with E-state index < -0.39 is 74.7 Å². The minimum atomic E-state index is -3.91. The molecule has 1 heterocycles. The van der Waals surface area contributed by atoms with Crippen LogP contribution in [0.5, 0.6) is 0 Å². The average molecular weight is 734 g/mol. The molecule has 4 aliphatic carbocycles. The molecule has 52 heavy (non-hydrogen) atoms. The maximum Gasteiger partial charge on any atom is 0.434 e. The lowest BCUT2D eigenvalue weighted by atomic mass is 9.96. The number of ether oxygens (including phenoxy) is 1. The van der Waals surface area contributed by atoms with E-state index in [2.05, 4.69) is 21.8 Å². The summed E-state index contributed by atoms with van der Waals surface area (Å²) in [6, 6.07) is 12.9. The van der Waals surface area contributed by atoms with E-state index in [4.69, 9.17) is 9.57 Å². The van der Waals surface area contributed by atoms with E-state index in [1.54, 1.807) is 13.8 Å². The number of hydrogen-bond acceptors (Lipinski definition) is 10. The van der Waals surface area contributed by atoms with Crippen molar-refractivity contribution in [1.29, 1.82) is 0 Å². The topological polar surface area (TPSA) is 184 Å². The van der Waals surface area contributed by atoms with Gasteiger partial charge < -0.3 is 19.8 Å². The summed E-state index contributed by atoms with van der Waals surface area (Å²) in [5.74, 6) is -3.47. The fourth-order valence-electron chi connectivity index (χ4n) is 7.25. The summed E-state index contributed by atoms with van der Waals surface area (Å²) in [7, 11) is -3.91. The summed E-state index contributed by atoms with van der Waals surface area (Å²) in [5.41, 5.74) is 2.72. The van der Waals surface area contributed by atoms with Crippen LogP contribution in [0.2, 0.25) is 0 Å². The Balaban J connectivity index is 1.16. The number of likely N-dealkylation sites (tertiary alicyclic amines) is 1. The Bertz CT molecular complexity index is 1890. The molecule has 0 spiro atoms. The first-order valence-electron chi connectivity index (χ1n) is 17.8. The molecule has 3 saturated carbocycles. The standard InChI is InChI=1S/C37H43N5O9S/c1-4-22-19-37(22,35(45)40-52(48,49)25-16-17-25)38-33(43)30-18-24(51-39-31-28-14-7-5-12-26(28)27-13-6-8-15-29(27)31)20-41(30)34(44)32(21(2)3)42(47)36(46)50-23-10-9-11-23/h4-8,12-15,21-25,30,32,47H,1,9-11,16-20H2,2-3H3,(H,38,43)(H,40,45)/t22-,24-,30+,32-,37+/m1/s1. The van der Waals surface area contributed by atoms with Gasteiger partial charge in [0.1, 0.15) is 35.5 Å². The molecule has 4 amide bonds. The van der Waals surface area contributed by atoms with Crippen LogP contribution in [-0.4, -0.2) is 94.7 Å². The van der Waals surface area contributed by atoms with Crippen molar-refractivity contribution in [3.05, 3.63) is 72.3 Å². The zero-order valence-corrected chi connectivity index (χ0v) is 29.9. The molecule has 5 aliphatic rings. The second kappa shape index (κ2) is 13.7. The number of carbonyl (C=O) groups is 4. The number of fused-ring (bicyclic) bond motifs is 3. The van der Waals surface area contributed by atoms with Crippen LogP contribution in [-0.2, 0) is 34.0 Å². The summed E-state index contributed by atoms with van der Waals surface area (Å²) >= 11 is 0. The van der Waals surface area contributed by atoms with Crippen molar-refractivity contribution in [2.45, 2.75) is 93.9 Å². The first kappa shape index (κ1) is 35.6. The highest BCUT2D eigenvalue weighted by Gasteiger charge is 2.62. The Morgan fingerprint density at radius 2 is 1.62 bits per heavy atom. The summed E-state index contributed by atoms with van der Waals surface area (Å²) in [6.45, 7) is 6.93. The Hall–Kier alpha value is -4.76. The number of oxime groups is 1. The van der Waals surface area contributed by atoms with Crippen LogP contribution >= 0.6 is 0 Å². The number of rotatable bonds is 12. The van der Waals surface area contributed by atoms with Crippen LogP contribution in [0.15, 0.2) is 66.3 Å². The molecule has 14 nitrogen and oxygen atoms in total. The first-order chi connectivity index (χ1) is 24.8. The predicted octanol–water partition coefficient (Wildman–Crippen LogP) is 3.48. The van der Waals surface area contributed by atoms with E-state index in [1.165, 1.54) is 11.0 Å². The van der Waals surface area contributed by atoms with E-state index in [-0.39, 0.29) is 30.6 Å². The van der Waals surface area contributed by atoms with E-state index in [1.807, 2.05) is 48.5 Å². The highest BCUT2D eigenvalue weighted by atomic mass is 32.2. The van der Waals surface area contributed by atoms with Crippen molar-refractivity contribution in [1.82, 2.24) is 20.0 Å². The van der Waals surface area contributed by atoms with Crippen LogP contribution in [0.1, 0.15) is 69.9 Å². The third-order valence-electron chi connectivity index (χ3n) is 10.7. The Morgan fingerprint density at radius 1 is 1.00 bits per heavy atom. The molecular weight excluding hydrogens is 691 g/mol. The molecule has 5 atom stereocenters. The minimum absolute atomic E-state index is 0.0444. The summed E-state index contributed by atoms with van der Waals surface area (Å²) in [6.07, 6.45) is 2.45. The van der Waals surface area contributed by atoms with Gasteiger partial charge >= 0.3 is 6.09 Å². The number of nitrogens with one attached hydrogen (secondary N) is 2. The fraction of sp³-hybridized carbons (Fsp3) is 0.486. The number of amides is 4. The normalized spacial score (nSPS) is 25.3. The number of carbonyl (C=O) groups excluding carboxylic acids is 4. The molecule has 4 fully saturated rings. The third kappa shape index (κ3) is 6.55. The van der Waals surface area contributed by atoms with Crippen molar-refractivity contribution in [3.8, 4) is 11.1 Å². The van der Waals surface area contributed by atoms with E-state index in [0.29, 0.717) is 31.4 Å². The molecular formula is C37H43N5O9S. The van der Waals surface area contributed by atoms with Crippen LogP contribution in [0.4, 0.5) is 4.79 Å². The fourth-order valence-corrected chi connectivity index (χ4v) is 8.61. The van der Waals surface area contributed by atoms with Gasteiger partial charge in [0, 0.05) is 23.5 Å². The number of benzene rings is 2. The zero-order valence-electron chi connectivity index (χ0n) is 29.1. The SMILES string of the molecule is C=C[C@@H]1C[C@@]1(NC(=O)[C@@H]1C[C@@H](ON=C2c3ccccc3-c3ccccc32)CN1C(=O)[C@@H](C(C)C)N(O)C(=O)OC1CCC1)C(=O)NS(=O)(=O)C1CC1. The quantitative estimate of drug-likeness (QED) is 0.143. The van der Waals surface area contributed by atoms with Gasteiger partial charge in [0.05, 0.1) is 11.8 Å². The van der Waals surface area contributed by atoms with Gasteiger partial charge in [-0.25, -0.2) is 13.2 Å². The minimum Gasteiger partial charge on any atom is -0.445 e. The van der Waals surface area contributed by atoms with Crippen molar-refractivity contribution in [3.63, 3.8) is 0 Å². The summed E-state index contributed by atoms with van der Waals surface area (Å²) < 4.78 is 32.8. The van der Waals surface area contributed by atoms with Crippen molar-refractivity contribution >= 4 is 39.5 Å². The molecule has 276 valence electrons. The van der Waals surface area contributed by atoms with Crippen molar-refractivity contribution < 1.29 is 42.4 Å². The maximum atomic E-state index is 14.3. The smallest absolute Gasteiger partial charge is 0.434 e. The van der Waals surface area contributed by atoms with Gasteiger partial charge in [-0.2, -0.15) is 5.06 Å². The lowest BCUT2D eigenvalue weighted by Crippen LogP contribution is -2.59. The first-order valence-corrected chi connectivity index (χ1v) is 19.3. The second-order valence-electron chi connectivity index (χ2n) is 14.7. The van der Waals surface area contributed by atoms with Crippen molar-refractivity contribution in [2.75, 3.05) is 6.54 Å². The second-order valence-corrected chi connectivity index (χ2v) is 16.6. The number of nitrogens with zero attached hydrogens (tertiary/aromatic N) is 3. The number of hydroxylamine groups is 2. The van der Waals surface area contributed by atoms with Crippen molar-refractivity contribution in [2.24, 2.45) is 17.0 Å². The van der Waals surface area contributed by atoms with Crippen LogP contribution in [0.25, 0.3) is 11.1 Å². The molecule has 0 aromatic heterocycles. The molecule has 0 bridgehead atoms. The molecule has 1 saturated heterocycles. The van der Waals surface area contributed by atoms with Gasteiger partial charge in [0.25, 0.3) is 5.91 Å². The van der Waals surface area contributed by atoms with Gasteiger partial charge in [-0.15, -0.1) is 6.58 Å². The Morgan fingerprint density at radius 3 is 2.13 bits per heavy atom. The molecule has 0 unspecified atom stereocenters. The lowest BCUT2D eigenvalue weighted by Gasteiger charge is -2.35. The zero-order chi connectivity index (χ0) is 36.9. The monoisotopic (exact) mass is 733 g/mol. The highest BCUT2D eigenvalue weighted by molar-refractivity contribution is 7.91. The Kier molecular flexibility index (Phi) is 9.36. The van der Waals surface area contributed by atoms with E-state index in [0.717, 1.165) is 28.7 Å².